The van der Waals surface area contributed by atoms with Crippen molar-refractivity contribution in [2.24, 2.45) is 0 Å². The highest BCUT2D eigenvalue weighted by Gasteiger charge is 2.16. The van der Waals surface area contributed by atoms with Gasteiger partial charge in [0.15, 0.2) is 0 Å². The van der Waals surface area contributed by atoms with Crippen molar-refractivity contribution in [1.29, 1.82) is 0 Å². The Morgan fingerprint density at radius 3 is 2.57 bits per heavy atom. The summed E-state index contributed by atoms with van der Waals surface area (Å²) in [5, 5.41) is 6.03. The molecule has 1 aliphatic rings. The van der Waals surface area contributed by atoms with E-state index in [0.717, 1.165) is 31.7 Å². The van der Waals surface area contributed by atoms with E-state index in [1.54, 1.807) is 0 Å². The van der Waals surface area contributed by atoms with Crippen LogP contribution >= 0.6 is 0 Å². The maximum atomic E-state index is 12.0. The molecule has 0 spiro atoms. The normalized spacial score (nSPS) is 14.9. The predicted molar refractivity (Wildman–Crippen MR) is 82.3 cm³/mol. The van der Waals surface area contributed by atoms with Crippen LogP contribution in [0, 0.1) is 13.8 Å². The number of rotatable bonds is 4. The van der Waals surface area contributed by atoms with Gasteiger partial charge in [0.2, 0.25) is 5.91 Å². The first-order chi connectivity index (χ1) is 10.1. The number of nitrogens with zero attached hydrogens (tertiary/aromatic N) is 1. The van der Waals surface area contributed by atoms with Crippen LogP contribution in [0.15, 0.2) is 18.2 Å². The quantitative estimate of drug-likeness (QED) is 0.864. The van der Waals surface area contributed by atoms with Crippen LogP contribution in [0.3, 0.4) is 0 Å². The summed E-state index contributed by atoms with van der Waals surface area (Å²) in [7, 11) is 0. The minimum absolute atomic E-state index is 0.108. The van der Waals surface area contributed by atoms with Crippen molar-refractivity contribution in [2.45, 2.75) is 20.3 Å². The highest BCUT2D eigenvalue weighted by molar-refractivity contribution is 5.94. The SMILES string of the molecule is Cc1ccc(C(=O)NCCC(=O)N2CCNCC2)cc1C. The first kappa shape index (κ1) is 15.5. The fourth-order valence-electron chi connectivity index (χ4n) is 2.34. The number of nitrogens with one attached hydrogen (secondary N) is 2. The number of carbonyl (C=O) groups is 2. The smallest absolute Gasteiger partial charge is 0.251 e. The zero-order chi connectivity index (χ0) is 15.2. The molecule has 0 radical (unpaired) electrons. The van der Waals surface area contributed by atoms with Crippen LogP contribution < -0.4 is 10.6 Å². The van der Waals surface area contributed by atoms with E-state index < -0.39 is 0 Å². The molecule has 2 N–H and O–H groups in total. The van der Waals surface area contributed by atoms with E-state index >= 15 is 0 Å². The summed E-state index contributed by atoms with van der Waals surface area (Å²) in [6, 6.07) is 5.63. The molecule has 0 aromatic heterocycles. The number of carbonyl (C=O) groups excluding carboxylic acids is 2. The molecule has 0 saturated carbocycles. The summed E-state index contributed by atoms with van der Waals surface area (Å²) in [4.78, 5) is 25.8. The van der Waals surface area contributed by atoms with Crippen LogP contribution in [-0.2, 0) is 4.79 Å². The van der Waals surface area contributed by atoms with E-state index in [1.165, 1.54) is 5.56 Å². The highest BCUT2D eigenvalue weighted by Crippen LogP contribution is 2.09. The lowest BCUT2D eigenvalue weighted by Gasteiger charge is -2.27. The number of hydrogen-bond donors (Lipinski definition) is 2. The summed E-state index contributed by atoms with van der Waals surface area (Å²) < 4.78 is 0. The molecule has 5 nitrogen and oxygen atoms in total. The molecule has 1 aromatic rings. The Morgan fingerprint density at radius 1 is 1.19 bits per heavy atom. The highest BCUT2D eigenvalue weighted by atomic mass is 16.2. The summed E-state index contributed by atoms with van der Waals surface area (Å²) in [6.07, 6.45) is 0.358. The summed E-state index contributed by atoms with van der Waals surface area (Å²) in [5.41, 5.74) is 2.91. The fourth-order valence-corrected chi connectivity index (χ4v) is 2.34. The van der Waals surface area contributed by atoms with E-state index in [0.29, 0.717) is 18.5 Å². The van der Waals surface area contributed by atoms with Crippen molar-refractivity contribution in [3.8, 4) is 0 Å². The largest absolute Gasteiger partial charge is 0.352 e. The standard InChI is InChI=1S/C16H23N3O2/c1-12-3-4-14(11-13(12)2)16(21)18-6-5-15(20)19-9-7-17-8-10-19/h3-4,11,17H,5-10H2,1-2H3,(H,18,21). The summed E-state index contributed by atoms with van der Waals surface area (Å²) >= 11 is 0. The zero-order valence-electron chi connectivity index (χ0n) is 12.7. The van der Waals surface area contributed by atoms with E-state index in [9.17, 15) is 9.59 Å². The van der Waals surface area contributed by atoms with Gasteiger partial charge in [0.05, 0.1) is 0 Å². The van der Waals surface area contributed by atoms with Gasteiger partial charge in [0.25, 0.3) is 5.91 Å². The molecule has 0 bridgehead atoms. The average molecular weight is 289 g/mol. The van der Waals surface area contributed by atoms with E-state index in [4.69, 9.17) is 0 Å². The molecule has 0 unspecified atom stereocenters. The van der Waals surface area contributed by atoms with Crippen molar-refractivity contribution in [3.05, 3.63) is 34.9 Å². The Labute approximate surface area is 125 Å². The predicted octanol–water partition coefficient (Wildman–Crippen LogP) is 0.855. The molecule has 21 heavy (non-hydrogen) atoms. The Hall–Kier alpha value is -1.88. The maximum absolute atomic E-state index is 12.0. The number of aryl methyl sites for hydroxylation is 2. The van der Waals surface area contributed by atoms with Gasteiger partial charge in [-0.1, -0.05) is 6.07 Å². The molecule has 5 heteroatoms. The fraction of sp³-hybridized carbons (Fsp3) is 0.500. The Kier molecular flexibility index (Phi) is 5.33. The van der Waals surface area contributed by atoms with Gasteiger partial charge in [-0.3, -0.25) is 9.59 Å². The first-order valence-corrected chi connectivity index (χ1v) is 7.42. The molecular weight excluding hydrogens is 266 g/mol. The lowest BCUT2D eigenvalue weighted by molar-refractivity contribution is -0.131. The van der Waals surface area contributed by atoms with Gasteiger partial charge in [-0.15, -0.1) is 0 Å². The monoisotopic (exact) mass is 289 g/mol. The van der Waals surface area contributed by atoms with Gasteiger partial charge in [-0.05, 0) is 37.1 Å². The van der Waals surface area contributed by atoms with Gasteiger partial charge >= 0.3 is 0 Å². The van der Waals surface area contributed by atoms with Crippen molar-refractivity contribution < 1.29 is 9.59 Å². The minimum Gasteiger partial charge on any atom is -0.352 e. The molecule has 2 rings (SSSR count). The van der Waals surface area contributed by atoms with Gasteiger partial charge in [0, 0.05) is 44.7 Å². The second-order valence-electron chi connectivity index (χ2n) is 5.44. The average Bonchev–Trinajstić information content (AvgIpc) is 2.50. The van der Waals surface area contributed by atoms with Crippen LogP contribution in [0.2, 0.25) is 0 Å². The molecule has 1 aromatic carbocycles. The van der Waals surface area contributed by atoms with Crippen LogP contribution in [0.25, 0.3) is 0 Å². The molecule has 1 saturated heterocycles. The third-order valence-electron chi connectivity index (χ3n) is 3.86. The van der Waals surface area contributed by atoms with Crippen molar-refractivity contribution in [2.75, 3.05) is 32.7 Å². The molecule has 0 aliphatic carbocycles. The minimum atomic E-state index is -0.119. The van der Waals surface area contributed by atoms with Gasteiger partial charge < -0.3 is 15.5 Å². The van der Waals surface area contributed by atoms with Crippen molar-refractivity contribution >= 4 is 11.8 Å². The van der Waals surface area contributed by atoms with Crippen LogP contribution in [-0.4, -0.2) is 49.4 Å². The van der Waals surface area contributed by atoms with Crippen LogP contribution in [0.1, 0.15) is 27.9 Å². The zero-order valence-corrected chi connectivity index (χ0v) is 12.7. The second-order valence-corrected chi connectivity index (χ2v) is 5.44. The molecular formula is C16H23N3O2. The van der Waals surface area contributed by atoms with E-state index in [-0.39, 0.29) is 11.8 Å². The molecule has 0 atom stereocenters. The number of amides is 2. The van der Waals surface area contributed by atoms with E-state index in [1.807, 2.05) is 36.9 Å². The third-order valence-corrected chi connectivity index (χ3v) is 3.86. The molecule has 1 fully saturated rings. The van der Waals surface area contributed by atoms with Gasteiger partial charge in [-0.25, -0.2) is 0 Å². The first-order valence-electron chi connectivity index (χ1n) is 7.42. The summed E-state index contributed by atoms with van der Waals surface area (Å²) in [5.74, 6) is -0.0110. The molecule has 1 heterocycles. The summed E-state index contributed by atoms with van der Waals surface area (Å²) in [6.45, 7) is 7.59. The maximum Gasteiger partial charge on any atom is 0.251 e. The second kappa shape index (κ2) is 7.22. The Balaban J connectivity index is 1.78. The lowest BCUT2D eigenvalue weighted by Crippen LogP contribution is -2.47. The molecule has 1 aliphatic heterocycles. The van der Waals surface area contributed by atoms with Gasteiger partial charge in [-0.2, -0.15) is 0 Å². The topological polar surface area (TPSA) is 61.4 Å². The Bertz CT molecular complexity index is 522. The lowest BCUT2D eigenvalue weighted by atomic mass is 10.1. The van der Waals surface area contributed by atoms with Gasteiger partial charge in [0.1, 0.15) is 0 Å². The van der Waals surface area contributed by atoms with Crippen LogP contribution in [0.5, 0.6) is 0 Å². The number of hydrogen-bond acceptors (Lipinski definition) is 3. The van der Waals surface area contributed by atoms with Crippen molar-refractivity contribution in [1.82, 2.24) is 15.5 Å². The number of piperazine rings is 1. The molecule has 114 valence electrons. The molecule has 2 amide bonds. The van der Waals surface area contributed by atoms with Crippen molar-refractivity contribution in [3.63, 3.8) is 0 Å². The van der Waals surface area contributed by atoms with E-state index in [2.05, 4.69) is 10.6 Å². The number of benzene rings is 1. The van der Waals surface area contributed by atoms with Crippen LogP contribution in [0.4, 0.5) is 0 Å². The third kappa shape index (κ3) is 4.29. The Morgan fingerprint density at radius 2 is 1.90 bits per heavy atom.